The first-order valence-electron chi connectivity index (χ1n) is 7.18. The van der Waals surface area contributed by atoms with E-state index in [-0.39, 0.29) is 11.8 Å². The third kappa shape index (κ3) is 2.82. The minimum Gasteiger partial charge on any atom is -0.390 e. The Morgan fingerprint density at radius 1 is 1.00 bits per heavy atom. The molecule has 0 aromatic heterocycles. The molecule has 2 aromatic carbocycles. The van der Waals surface area contributed by atoms with Gasteiger partial charge in [-0.15, -0.1) is 0 Å². The van der Waals surface area contributed by atoms with Gasteiger partial charge in [-0.25, -0.2) is 0 Å². The predicted octanol–water partition coefficient (Wildman–Crippen LogP) is 2.87. The molecular weight excluding hydrogens is 258 g/mol. The molecular formula is C18H19N3. The number of nitrogens with one attached hydrogen (secondary N) is 1. The first kappa shape index (κ1) is 13.4. The standard InChI is InChI=1S/C18H19N3/c19-21-18(15-9-5-2-6-10-15)17-13-20-12-11-16(17)14-7-3-1-4-8-14/h1-12,16-17,20H,13,19H2. The smallest absolute Gasteiger partial charge is 0.0730 e. The summed E-state index contributed by atoms with van der Waals surface area (Å²) in [6, 6.07) is 20.7. The summed E-state index contributed by atoms with van der Waals surface area (Å²) >= 11 is 0. The molecule has 0 aliphatic carbocycles. The lowest BCUT2D eigenvalue weighted by Gasteiger charge is -2.29. The summed E-state index contributed by atoms with van der Waals surface area (Å²) in [5.74, 6) is 6.23. The Morgan fingerprint density at radius 2 is 1.67 bits per heavy atom. The zero-order chi connectivity index (χ0) is 14.5. The van der Waals surface area contributed by atoms with E-state index >= 15 is 0 Å². The molecule has 3 heteroatoms. The molecule has 1 aliphatic heterocycles. The van der Waals surface area contributed by atoms with Crippen LogP contribution in [0.25, 0.3) is 0 Å². The SMILES string of the molecule is NN=C(c1ccccc1)C1CNC=CC1c1ccccc1. The normalized spacial score (nSPS) is 21.8. The largest absolute Gasteiger partial charge is 0.390 e. The molecule has 2 atom stereocenters. The topological polar surface area (TPSA) is 50.4 Å². The number of allylic oxidation sites excluding steroid dienone is 1. The van der Waals surface area contributed by atoms with Crippen LogP contribution < -0.4 is 11.2 Å². The molecule has 0 saturated carbocycles. The molecule has 3 rings (SSSR count). The number of hydrogen-bond acceptors (Lipinski definition) is 3. The van der Waals surface area contributed by atoms with Crippen molar-refractivity contribution in [3.8, 4) is 0 Å². The average molecular weight is 277 g/mol. The monoisotopic (exact) mass is 277 g/mol. The zero-order valence-electron chi connectivity index (χ0n) is 11.8. The van der Waals surface area contributed by atoms with Gasteiger partial charge in [0, 0.05) is 18.4 Å². The van der Waals surface area contributed by atoms with Crippen LogP contribution in [0.4, 0.5) is 0 Å². The number of benzene rings is 2. The highest BCUT2D eigenvalue weighted by Crippen LogP contribution is 2.30. The van der Waals surface area contributed by atoms with Crippen molar-refractivity contribution >= 4 is 5.71 Å². The third-order valence-electron chi connectivity index (χ3n) is 3.94. The summed E-state index contributed by atoms with van der Waals surface area (Å²) in [4.78, 5) is 0. The van der Waals surface area contributed by atoms with E-state index in [4.69, 9.17) is 5.84 Å². The first-order valence-corrected chi connectivity index (χ1v) is 7.18. The van der Waals surface area contributed by atoms with Gasteiger partial charge in [-0.1, -0.05) is 66.7 Å². The minimum absolute atomic E-state index is 0.227. The van der Waals surface area contributed by atoms with Crippen LogP contribution in [0.3, 0.4) is 0 Å². The van der Waals surface area contributed by atoms with Crippen LogP contribution in [0.15, 0.2) is 78.0 Å². The van der Waals surface area contributed by atoms with E-state index in [0.717, 1.165) is 17.8 Å². The summed E-state index contributed by atoms with van der Waals surface area (Å²) in [6.07, 6.45) is 4.21. The second-order valence-corrected chi connectivity index (χ2v) is 5.19. The Bertz CT molecular complexity index is 632. The van der Waals surface area contributed by atoms with E-state index in [0.29, 0.717) is 0 Å². The highest BCUT2D eigenvalue weighted by molar-refractivity contribution is 6.03. The molecule has 0 saturated heterocycles. The van der Waals surface area contributed by atoms with E-state index in [1.807, 2.05) is 30.5 Å². The van der Waals surface area contributed by atoms with Gasteiger partial charge < -0.3 is 11.2 Å². The quantitative estimate of drug-likeness (QED) is 0.515. The minimum atomic E-state index is 0.227. The Morgan fingerprint density at radius 3 is 2.33 bits per heavy atom. The summed E-state index contributed by atoms with van der Waals surface area (Å²) in [5.41, 5.74) is 3.32. The molecule has 3 N–H and O–H groups in total. The fraction of sp³-hybridized carbons (Fsp3) is 0.167. The van der Waals surface area contributed by atoms with Gasteiger partial charge in [0.25, 0.3) is 0 Å². The molecule has 0 radical (unpaired) electrons. The summed E-state index contributed by atoms with van der Waals surface area (Å²) < 4.78 is 0. The lowest BCUT2D eigenvalue weighted by molar-refractivity contribution is 0.559. The molecule has 3 nitrogen and oxygen atoms in total. The number of hydrazone groups is 1. The van der Waals surface area contributed by atoms with Gasteiger partial charge >= 0.3 is 0 Å². The van der Waals surface area contributed by atoms with Crippen molar-refractivity contribution < 1.29 is 0 Å². The third-order valence-corrected chi connectivity index (χ3v) is 3.94. The number of rotatable bonds is 3. The Kier molecular flexibility index (Phi) is 4.01. The maximum absolute atomic E-state index is 5.71. The number of nitrogens with zero attached hydrogens (tertiary/aromatic N) is 1. The van der Waals surface area contributed by atoms with E-state index in [1.165, 1.54) is 5.56 Å². The molecule has 2 unspecified atom stereocenters. The summed E-state index contributed by atoms with van der Waals surface area (Å²) in [5, 5.41) is 7.40. The number of nitrogens with two attached hydrogens (primary N) is 1. The molecule has 21 heavy (non-hydrogen) atoms. The molecule has 1 heterocycles. The van der Waals surface area contributed by atoms with Crippen LogP contribution in [-0.2, 0) is 0 Å². The molecule has 0 amide bonds. The van der Waals surface area contributed by atoms with Crippen molar-refractivity contribution in [3.05, 3.63) is 84.1 Å². The van der Waals surface area contributed by atoms with Gasteiger partial charge in [0.1, 0.15) is 0 Å². The second kappa shape index (κ2) is 6.27. The van der Waals surface area contributed by atoms with Crippen LogP contribution in [0.5, 0.6) is 0 Å². The van der Waals surface area contributed by atoms with Gasteiger partial charge in [0.2, 0.25) is 0 Å². The molecule has 2 aromatic rings. The van der Waals surface area contributed by atoms with Crippen LogP contribution in [-0.4, -0.2) is 12.3 Å². The maximum Gasteiger partial charge on any atom is 0.0730 e. The van der Waals surface area contributed by atoms with Gasteiger partial charge in [-0.2, -0.15) is 5.10 Å². The van der Waals surface area contributed by atoms with E-state index in [1.54, 1.807) is 0 Å². The molecule has 106 valence electrons. The predicted molar refractivity (Wildman–Crippen MR) is 87.0 cm³/mol. The summed E-state index contributed by atoms with van der Waals surface area (Å²) in [6.45, 7) is 0.834. The van der Waals surface area contributed by atoms with Gasteiger partial charge in [0.05, 0.1) is 5.71 Å². The molecule has 0 bridgehead atoms. The zero-order valence-corrected chi connectivity index (χ0v) is 11.8. The van der Waals surface area contributed by atoms with Crippen molar-refractivity contribution in [1.29, 1.82) is 0 Å². The summed E-state index contributed by atoms with van der Waals surface area (Å²) in [7, 11) is 0. The number of hydrogen-bond donors (Lipinski definition) is 2. The van der Waals surface area contributed by atoms with Gasteiger partial charge in [0.15, 0.2) is 0 Å². The van der Waals surface area contributed by atoms with Crippen molar-refractivity contribution in [3.63, 3.8) is 0 Å². The van der Waals surface area contributed by atoms with Gasteiger partial charge in [-0.05, 0) is 17.3 Å². The highest BCUT2D eigenvalue weighted by Gasteiger charge is 2.28. The van der Waals surface area contributed by atoms with E-state index < -0.39 is 0 Å². The lowest BCUT2D eigenvalue weighted by atomic mass is 9.79. The highest BCUT2D eigenvalue weighted by atomic mass is 15.1. The van der Waals surface area contributed by atoms with E-state index in [9.17, 15) is 0 Å². The van der Waals surface area contributed by atoms with Crippen molar-refractivity contribution in [2.75, 3.05) is 6.54 Å². The van der Waals surface area contributed by atoms with Gasteiger partial charge in [-0.3, -0.25) is 0 Å². The first-order chi connectivity index (χ1) is 10.4. The van der Waals surface area contributed by atoms with Crippen LogP contribution in [0.2, 0.25) is 0 Å². The lowest BCUT2D eigenvalue weighted by Crippen LogP contribution is -2.35. The molecule has 0 fully saturated rings. The average Bonchev–Trinajstić information content (AvgIpc) is 2.58. The maximum atomic E-state index is 5.71. The fourth-order valence-electron chi connectivity index (χ4n) is 2.91. The van der Waals surface area contributed by atoms with Crippen LogP contribution in [0, 0.1) is 5.92 Å². The van der Waals surface area contributed by atoms with Crippen molar-refractivity contribution in [2.24, 2.45) is 16.9 Å². The Hall–Kier alpha value is -2.55. The van der Waals surface area contributed by atoms with Crippen molar-refractivity contribution in [1.82, 2.24) is 5.32 Å². The second-order valence-electron chi connectivity index (χ2n) is 5.19. The Labute approximate surface area is 125 Å². The van der Waals surface area contributed by atoms with E-state index in [2.05, 4.69) is 52.9 Å². The Balaban J connectivity index is 1.97. The molecule has 0 spiro atoms. The van der Waals surface area contributed by atoms with Crippen LogP contribution in [0.1, 0.15) is 17.0 Å². The van der Waals surface area contributed by atoms with Crippen molar-refractivity contribution in [2.45, 2.75) is 5.92 Å². The van der Waals surface area contributed by atoms with Crippen LogP contribution >= 0.6 is 0 Å². The molecule has 1 aliphatic rings. The fourth-order valence-corrected chi connectivity index (χ4v) is 2.91.